The number of hydrazine groups is 1. The highest BCUT2D eigenvalue weighted by Crippen LogP contribution is 2.64. The molecule has 4 rings (SSSR count). The molecule has 2 aliphatic carbocycles. The highest BCUT2D eigenvalue weighted by Gasteiger charge is 2.69. The maximum Gasteiger partial charge on any atom is 0.416 e. The van der Waals surface area contributed by atoms with Crippen LogP contribution in [0.25, 0.3) is 0 Å². The number of nitrogens with one attached hydrogen (secondary N) is 2. The Balaban J connectivity index is 1.75. The summed E-state index contributed by atoms with van der Waals surface area (Å²) in [5, 5.41) is 13.9. The van der Waals surface area contributed by atoms with E-state index >= 15 is 0 Å². The van der Waals surface area contributed by atoms with Crippen LogP contribution in [0.3, 0.4) is 0 Å². The molecule has 5 N–H and O–H groups in total. The fourth-order valence-corrected chi connectivity index (χ4v) is 5.41. The first-order chi connectivity index (χ1) is 14.5. The molecule has 1 heterocycles. The summed E-state index contributed by atoms with van der Waals surface area (Å²) in [6.45, 7) is 1.66. The number of hydrogen-bond acceptors (Lipinski definition) is 5. The van der Waals surface area contributed by atoms with E-state index in [0.29, 0.717) is 18.4 Å². The largest absolute Gasteiger partial charge is 0.416 e. The number of primary amides is 1. The van der Waals surface area contributed by atoms with Gasteiger partial charge < -0.3 is 21.6 Å². The van der Waals surface area contributed by atoms with Crippen LogP contribution in [0.5, 0.6) is 0 Å². The van der Waals surface area contributed by atoms with Crippen LogP contribution in [-0.2, 0) is 15.8 Å². The standard InChI is InChI=1S/C21H25F3N4O3/c1-10(11-4-3-5-12(6-11)21(22,23)24)28-20(19(25)31,9-16(27-28)18(30)26-2)17-14-7-13(29)8-15(14)17/h3-6,9-10,13-15,17,27,29H,7-8H2,1-2H3,(H2,25,31)(H,26,30)/t10-,13?,14-,15+,17?,20?/m1/s1. The molecule has 1 aromatic rings. The molecule has 1 aliphatic heterocycles. The van der Waals surface area contributed by atoms with Gasteiger partial charge in [-0.15, -0.1) is 0 Å². The number of fused-ring (bicyclic) bond motifs is 1. The predicted molar refractivity (Wildman–Crippen MR) is 105 cm³/mol. The number of hydrogen-bond donors (Lipinski definition) is 4. The van der Waals surface area contributed by atoms with Gasteiger partial charge in [-0.2, -0.15) is 18.2 Å². The summed E-state index contributed by atoms with van der Waals surface area (Å²) in [6, 6.07) is 4.16. The van der Waals surface area contributed by atoms with Gasteiger partial charge in [0.15, 0.2) is 0 Å². The van der Waals surface area contributed by atoms with E-state index in [0.717, 1.165) is 12.1 Å². The Morgan fingerprint density at radius 2 is 1.97 bits per heavy atom. The fourth-order valence-electron chi connectivity index (χ4n) is 5.41. The first kappa shape index (κ1) is 21.6. The number of aliphatic hydroxyl groups excluding tert-OH is 1. The normalized spacial score (nSPS) is 33.3. The molecule has 2 saturated carbocycles. The van der Waals surface area contributed by atoms with Crippen molar-refractivity contribution < 1.29 is 27.9 Å². The van der Waals surface area contributed by atoms with Crippen molar-refractivity contribution in [3.63, 3.8) is 0 Å². The third-order valence-corrected chi connectivity index (χ3v) is 6.88. The topological polar surface area (TPSA) is 108 Å². The number of amides is 2. The quantitative estimate of drug-likeness (QED) is 0.557. The lowest BCUT2D eigenvalue weighted by atomic mass is 9.84. The second kappa shape index (κ2) is 7.23. The van der Waals surface area contributed by atoms with E-state index in [1.807, 2.05) is 0 Å². The molecule has 0 bridgehead atoms. The minimum Gasteiger partial charge on any atom is -0.393 e. The molecule has 2 amide bonds. The summed E-state index contributed by atoms with van der Waals surface area (Å²) in [7, 11) is 1.44. The molecular formula is C21H25F3N4O3. The Bertz CT molecular complexity index is 938. The van der Waals surface area contributed by atoms with Gasteiger partial charge in [0, 0.05) is 7.05 Å². The van der Waals surface area contributed by atoms with Crippen LogP contribution in [0.2, 0.25) is 0 Å². The minimum absolute atomic E-state index is 0.0563. The van der Waals surface area contributed by atoms with Crippen LogP contribution < -0.4 is 16.5 Å². The lowest BCUT2D eigenvalue weighted by molar-refractivity contribution is -0.138. The molecule has 3 aliphatic rings. The van der Waals surface area contributed by atoms with Crippen molar-refractivity contribution in [2.24, 2.45) is 23.5 Å². The lowest BCUT2D eigenvalue weighted by Crippen LogP contribution is -2.60. The van der Waals surface area contributed by atoms with Gasteiger partial charge in [-0.1, -0.05) is 12.1 Å². The first-order valence-electron chi connectivity index (χ1n) is 10.2. The SMILES string of the molecule is CNC(=O)C1=CC(C(N)=O)(C2[C@H]3CC(O)C[C@@H]23)N([C@H](C)c2cccc(C(F)(F)F)c2)N1. The number of benzene rings is 1. The zero-order chi connectivity index (χ0) is 22.7. The van der Waals surface area contributed by atoms with Crippen LogP contribution in [0, 0.1) is 17.8 Å². The van der Waals surface area contributed by atoms with Gasteiger partial charge in [0.05, 0.1) is 17.7 Å². The zero-order valence-electron chi connectivity index (χ0n) is 17.1. The van der Waals surface area contributed by atoms with E-state index in [9.17, 15) is 27.9 Å². The van der Waals surface area contributed by atoms with E-state index in [4.69, 9.17) is 5.73 Å². The van der Waals surface area contributed by atoms with E-state index < -0.39 is 41.2 Å². The molecule has 0 spiro atoms. The van der Waals surface area contributed by atoms with Gasteiger partial charge in [-0.3, -0.25) is 9.59 Å². The van der Waals surface area contributed by atoms with Gasteiger partial charge in [-0.05, 0) is 61.3 Å². The first-order valence-corrected chi connectivity index (χ1v) is 10.2. The Labute approximate surface area is 177 Å². The monoisotopic (exact) mass is 438 g/mol. The van der Waals surface area contributed by atoms with Crippen molar-refractivity contribution in [1.82, 2.24) is 15.8 Å². The lowest BCUT2D eigenvalue weighted by Gasteiger charge is -2.40. The molecule has 10 heteroatoms. The second-order valence-corrected chi connectivity index (χ2v) is 8.59. The number of alkyl halides is 3. The number of nitrogens with two attached hydrogens (primary N) is 1. The Hall–Kier alpha value is -2.59. The molecule has 7 nitrogen and oxygen atoms in total. The number of nitrogens with zero attached hydrogens (tertiary/aromatic N) is 1. The third kappa shape index (κ3) is 3.38. The molecule has 0 aromatic heterocycles. The van der Waals surface area contributed by atoms with Crippen molar-refractivity contribution in [3.8, 4) is 0 Å². The molecule has 3 unspecified atom stereocenters. The van der Waals surface area contributed by atoms with Crippen molar-refractivity contribution >= 4 is 11.8 Å². The van der Waals surface area contributed by atoms with E-state index in [-0.39, 0.29) is 23.5 Å². The van der Waals surface area contributed by atoms with Gasteiger partial charge in [0.1, 0.15) is 11.2 Å². The van der Waals surface area contributed by atoms with Crippen LogP contribution in [0.1, 0.15) is 36.9 Å². The van der Waals surface area contributed by atoms with Gasteiger partial charge >= 0.3 is 6.18 Å². The van der Waals surface area contributed by atoms with Crippen LogP contribution in [-0.4, -0.2) is 40.6 Å². The van der Waals surface area contributed by atoms with E-state index in [1.165, 1.54) is 24.2 Å². The summed E-state index contributed by atoms with van der Waals surface area (Å²) in [4.78, 5) is 25.2. The molecule has 31 heavy (non-hydrogen) atoms. The molecule has 6 atom stereocenters. The van der Waals surface area contributed by atoms with Crippen molar-refractivity contribution in [2.45, 2.75) is 43.6 Å². The maximum absolute atomic E-state index is 13.2. The fraction of sp³-hybridized carbons (Fsp3) is 0.524. The molecule has 1 aromatic carbocycles. The average Bonchev–Trinajstić information content (AvgIpc) is 3.06. The minimum atomic E-state index is -4.51. The van der Waals surface area contributed by atoms with Gasteiger partial charge in [0.2, 0.25) is 5.91 Å². The average molecular weight is 438 g/mol. The molecule has 2 fully saturated rings. The summed E-state index contributed by atoms with van der Waals surface area (Å²) >= 11 is 0. The second-order valence-electron chi connectivity index (χ2n) is 8.59. The number of carbonyl (C=O) groups is 2. The highest BCUT2D eigenvalue weighted by molar-refractivity contribution is 5.97. The molecular weight excluding hydrogens is 413 g/mol. The zero-order valence-corrected chi connectivity index (χ0v) is 17.1. The Morgan fingerprint density at radius 3 is 2.52 bits per heavy atom. The van der Waals surface area contributed by atoms with E-state index in [2.05, 4.69) is 10.7 Å². The van der Waals surface area contributed by atoms with Crippen LogP contribution in [0.4, 0.5) is 13.2 Å². The predicted octanol–water partition coefficient (Wildman–Crippen LogP) is 1.46. The highest BCUT2D eigenvalue weighted by atomic mass is 19.4. The third-order valence-electron chi connectivity index (χ3n) is 6.88. The number of carbonyl (C=O) groups excluding carboxylic acids is 2. The number of halogens is 3. The molecule has 0 radical (unpaired) electrons. The number of aliphatic hydroxyl groups is 1. The van der Waals surface area contributed by atoms with Crippen molar-refractivity contribution in [1.29, 1.82) is 0 Å². The Morgan fingerprint density at radius 1 is 1.32 bits per heavy atom. The Kier molecular flexibility index (Phi) is 5.05. The van der Waals surface area contributed by atoms with Gasteiger partial charge in [0.25, 0.3) is 5.91 Å². The van der Waals surface area contributed by atoms with E-state index in [1.54, 1.807) is 13.0 Å². The summed E-state index contributed by atoms with van der Waals surface area (Å²) in [5.41, 5.74) is 7.05. The van der Waals surface area contributed by atoms with Crippen LogP contribution in [0.15, 0.2) is 36.0 Å². The van der Waals surface area contributed by atoms with Crippen LogP contribution >= 0.6 is 0 Å². The summed E-state index contributed by atoms with van der Waals surface area (Å²) < 4.78 is 39.7. The molecule has 0 saturated heterocycles. The smallest absolute Gasteiger partial charge is 0.393 e. The number of rotatable bonds is 5. The summed E-state index contributed by atoms with van der Waals surface area (Å²) in [5.74, 6) is -1.28. The van der Waals surface area contributed by atoms with Gasteiger partial charge in [-0.25, -0.2) is 0 Å². The maximum atomic E-state index is 13.2. The number of likely N-dealkylation sites (N-methyl/N-ethyl adjacent to an activating group) is 1. The van der Waals surface area contributed by atoms with Crippen molar-refractivity contribution in [3.05, 3.63) is 47.2 Å². The summed E-state index contributed by atoms with van der Waals surface area (Å²) in [6.07, 6.45) is -2.40. The molecule has 168 valence electrons. The van der Waals surface area contributed by atoms with Crippen molar-refractivity contribution in [2.75, 3.05) is 7.05 Å².